The zero-order chi connectivity index (χ0) is 21.5. The van der Waals surface area contributed by atoms with Gasteiger partial charge in [-0.25, -0.2) is 19.2 Å². The maximum absolute atomic E-state index is 12.9. The Labute approximate surface area is 185 Å². The molecule has 0 bridgehead atoms. The minimum Gasteiger partial charge on any atom is -0.487 e. The van der Waals surface area contributed by atoms with Crippen molar-refractivity contribution < 1.29 is 23.4 Å². The Kier molecular flexibility index (Phi) is 6.85. The van der Waals surface area contributed by atoms with Crippen molar-refractivity contribution in [1.29, 1.82) is 0 Å². The molecule has 0 saturated carbocycles. The largest absolute Gasteiger partial charge is 0.487 e. The number of thiazole rings is 2. The lowest BCUT2D eigenvalue weighted by Gasteiger charge is -2.06. The first-order valence-electron chi connectivity index (χ1n) is 9.24. The fourth-order valence-corrected chi connectivity index (χ4v) is 3.77. The maximum Gasteiger partial charge on any atom is 0.338 e. The molecule has 4 aromatic rings. The number of ether oxygens (including phenoxy) is 3. The van der Waals surface area contributed by atoms with Crippen LogP contribution in [-0.2, 0) is 24.6 Å². The van der Waals surface area contributed by atoms with Gasteiger partial charge in [-0.2, -0.15) is 0 Å². The van der Waals surface area contributed by atoms with E-state index in [1.807, 2.05) is 10.8 Å². The molecule has 31 heavy (non-hydrogen) atoms. The number of halogens is 1. The van der Waals surface area contributed by atoms with Gasteiger partial charge in [-0.15, -0.1) is 22.7 Å². The molecule has 0 aliphatic carbocycles. The van der Waals surface area contributed by atoms with Crippen LogP contribution in [0.15, 0.2) is 64.8 Å². The number of rotatable bonds is 9. The number of carbonyl (C=O) groups excluding carboxylic acids is 1. The molecule has 9 heteroatoms. The third-order valence-electron chi connectivity index (χ3n) is 4.09. The second kappa shape index (κ2) is 10.1. The lowest BCUT2D eigenvalue weighted by atomic mass is 10.2. The van der Waals surface area contributed by atoms with Crippen LogP contribution < -0.4 is 9.47 Å². The minimum atomic E-state index is -0.442. The third kappa shape index (κ3) is 6.09. The summed E-state index contributed by atoms with van der Waals surface area (Å²) in [7, 11) is 0. The van der Waals surface area contributed by atoms with Gasteiger partial charge < -0.3 is 14.2 Å². The van der Waals surface area contributed by atoms with E-state index in [0.717, 1.165) is 10.7 Å². The lowest BCUT2D eigenvalue weighted by molar-refractivity contribution is 0.0468. The van der Waals surface area contributed by atoms with Gasteiger partial charge in [0, 0.05) is 10.8 Å². The topological polar surface area (TPSA) is 70.5 Å². The zero-order valence-electron chi connectivity index (χ0n) is 16.2. The highest BCUT2D eigenvalue weighted by Gasteiger charge is 2.10. The van der Waals surface area contributed by atoms with E-state index in [0.29, 0.717) is 29.4 Å². The van der Waals surface area contributed by atoms with Crippen LogP contribution in [-0.4, -0.2) is 15.9 Å². The Balaban J connectivity index is 1.23. The quantitative estimate of drug-likeness (QED) is 0.320. The predicted octanol–water partition coefficient (Wildman–Crippen LogP) is 5.25. The number of nitrogens with zero attached hydrogens (tertiary/aromatic N) is 2. The van der Waals surface area contributed by atoms with Crippen LogP contribution in [0.2, 0.25) is 0 Å². The van der Waals surface area contributed by atoms with Gasteiger partial charge in [0.05, 0.1) is 22.5 Å². The number of aromatic nitrogens is 2. The smallest absolute Gasteiger partial charge is 0.338 e. The van der Waals surface area contributed by atoms with Gasteiger partial charge in [-0.1, -0.05) is 0 Å². The average molecular weight is 457 g/mol. The molecule has 0 fully saturated rings. The third-order valence-corrected chi connectivity index (χ3v) is 5.59. The Morgan fingerprint density at radius 1 is 0.871 bits per heavy atom. The van der Waals surface area contributed by atoms with Crippen molar-refractivity contribution in [3.8, 4) is 11.5 Å². The van der Waals surface area contributed by atoms with E-state index in [2.05, 4.69) is 9.97 Å². The first-order chi connectivity index (χ1) is 15.2. The summed E-state index contributed by atoms with van der Waals surface area (Å²) in [5, 5.41) is 4.47. The fourth-order valence-electron chi connectivity index (χ4n) is 2.53. The molecule has 0 amide bonds. The van der Waals surface area contributed by atoms with Crippen LogP contribution in [0, 0.1) is 5.82 Å². The lowest BCUT2D eigenvalue weighted by Crippen LogP contribution is -2.06. The summed E-state index contributed by atoms with van der Waals surface area (Å²) < 4.78 is 29.5. The highest BCUT2D eigenvalue weighted by molar-refractivity contribution is 7.09. The Bertz CT molecular complexity index is 1110. The van der Waals surface area contributed by atoms with E-state index in [1.165, 1.54) is 34.8 Å². The summed E-state index contributed by atoms with van der Waals surface area (Å²) in [6.45, 7) is 0.699. The van der Waals surface area contributed by atoms with Crippen molar-refractivity contribution >= 4 is 28.6 Å². The SMILES string of the molecule is O=C(OCc1csc(COc2ccc(F)cc2)n1)c1ccc(OCc2cscn2)cc1. The van der Waals surface area contributed by atoms with E-state index in [4.69, 9.17) is 14.2 Å². The highest BCUT2D eigenvalue weighted by Crippen LogP contribution is 2.18. The van der Waals surface area contributed by atoms with Crippen molar-refractivity contribution in [3.05, 3.63) is 92.6 Å². The number of hydrogen-bond acceptors (Lipinski definition) is 8. The standard InChI is InChI=1S/C22H17FN2O4S2/c23-16-3-7-20(8-4-16)28-11-21-25-18(13-31-21)10-29-22(26)15-1-5-19(6-2-15)27-9-17-12-30-14-24-17/h1-8,12-14H,9-11H2. The molecule has 158 valence electrons. The monoisotopic (exact) mass is 456 g/mol. The normalized spacial score (nSPS) is 10.6. The molecule has 0 unspecified atom stereocenters. The van der Waals surface area contributed by atoms with Crippen LogP contribution in [0.4, 0.5) is 4.39 Å². The highest BCUT2D eigenvalue weighted by atomic mass is 32.1. The molecule has 2 heterocycles. The molecule has 0 aliphatic rings. The van der Waals surface area contributed by atoms with Gasteiger partial charge in [0.2, 0.25) is 0 Å². The van der Waals surface area contributed by atoms with Crippen LogP contribution in [0.25, 0.3) is 0 Å². The molecule has 0 aliphatic heterocycles. The second-order valence-electron chi connectivity index (χ2n) is 6.34. The number of hydrogen-bond donors (Lipinski definition) is 0. The first kappa shape index (κ1) is 21.0. The first-order valence-corrected chi connectivity index (χ1v) is 11.1. The van der Waals surface area contributed by atoms with Crippen LogP contribution in [0.1, 0.15) is 26.8 Å². The van der Waals surface area contributed by atoms with Crippen LogP contribution >= 0.6 is 22.7 Å². The molecule has 0 saturated heterocycles. The number of benzene rings is 2. The molecular formula is C22H17FN2O4S2. The van der Waals surface area contributed by atoms with Gasteiger partial charge >= 0.3 is 5.97 Å². The number of esters is 1. The van der Waals surface area contributed by atoms with Crippen LogP contribution in [0.5, 0.6) is 11.5 Å². The molecule has 0 spiro atoms. The van der Waals surface area contributed by atoms with E-state index in [-0.39, 0.29) is 19.0 Å². The summed E-state index contributed by atoms with van der Waals surface area (Å²) in [6, 6.07) is 12.5. The van der Waals surface area contributed by atoms with Gasteiger partial charge in [0.15, 0.2) is 0 Å². The maximum atomic E-state index is 12.9. The molecule has 6 nitrogen and oxygen atoms in total. The van der Waals surface area contributed by atoms with Crippen molar-refractivity contribution in [1.82, 2.24) is 9.97 Å². The predicted molar refractivity (Wildman–Crippen MR) is 115 cm³/mol. The van der Waals surface area contributed by atoms with E-state index >= 15 is 0 Å². The van der Waals surface area contributed by atoms with Gasteiger partial charge in [0.25, 0.3) is 0 Å². The Hall–Kier alpha value is -3.30. The van der Waals surface area contributed by atoms with Gasteiger partial charge in [-0.3, -0.25) is 0 Å². The Morgan fingerprint density at radius 2 is 1.58 bits per heavy atom. The van der Waals surface area contributed by atoms with Crippen molar-refractivity contribution in [2.24, 2.45) is 0 Å². The Morgan fingerprint density at radius 3 is 2.29 bits per heavy atom. The molecule has 0 radical (unpaired) electrons. The molecule has 4 rings (SSSR count). The molecular weight excluding hydrogens is 439 g/mol. The molecule has 2 aromatic heterocycles. The van der Waals surface area contributed by atoms with Crippen molar-refractivity contribution in [2.45, 2.75) is 19.8 Å². The van der Waals surface area contributed by atoms with Crippen molar-refractivity contribution in [3.63, 3.8) is 0 Å². The number of carbonyl (C=O) groups is 1. The summed E-state index contributed by atoms with van der Waals surface area (Å²) in [6.07, 6.45) is 0. The zero-order valence-corrected chi connectivity index (χ0v) is 17.8. The molecule has 0 N–H and O–H groups in total. The van der Waals surface area contributed by atoms with Gasteiger partial charge in [-0.05, 0) is 48.5 Å². The van der Waals surface area contributed by atoms with Crippen LogP contribution in [0.3, 0.4) is 0 Å². The summed E-state index contributed by atoms with van der Waals surface area (Å²) in [4.78, 5) is 20.8. The fraction of sp³-hybridized carbons (Fsp3) is 0.136. The van der Waals surface area contributed by atoms with E-state index < -0.39 is 5.97 Å². The summed E-state index contributed by atoms with van der Waals surface area (Å²) >= 11 is 2.92. The van der Waals surface area contributed by atoms with Crippen molar-refractivity contribution in [2.75, 3.05) is 0 Å². The average Bonchev–Trinajstić information content (AvgIpc) is 3.48. The molecule has 2 aromatic carbocycles. The van der Waals surface area contributed by atoms with Gasteiger partial charge in [0.1, 0.15) is 42.1 Å². The summed E-state index contributed by atoms with van der Waals surface area (Å²) in [5.74, 6) is 0.449. The van der Waals surface area contributed by atoms with E-state index in [9.17, 15) is 9.18 Å². The molecule has 0 atom stereocenters. The second-order valence-corrected chi connectivity index (χ2v) is 8.01. The van der Waals surface area contributed by atoms with E-state index in [1.54, 1.807) is 41.9 Å². The summed E-state index contributed by atoms with van der Waals surface area (Å²) in [5.41, 5.74) is 3.68. The minimum absolute atomic E-state index is 0.0635.